The van der Waals surface area contributed by atoms with Crippen molar-refractivity contribution in [3.8, 4) is 0 Å². The Hall–Kier alpha value is -3.50. The second kappa shape index (κ2) is 11.1. The van der Waals surface area contributed by atoms with E-state index in [0.29, 0.717) is 0 Å². The van der Waals surface area contributed by atoms with Crippen LogP contribution >= 0.6 is 0 Å². The summed E-state index contributed by atoms with van der Waals surface area (Å²) in [5.41, 5.74) is -3.78. The first-order valence-electron chi connectivity index (χ1n) is 10.7. The Labute approximate surface area is 196 Å². The number of alkyl halides is 1. The number of esters is 2. The van der Waals surface area contributed by atoms with Crippen molar-refractivity contribution in [3.05, 3.63) is 53.4 Å². The Morgan fingerprint density at radius 2 is 1.68 bits per heavy atom. The third kappa shape index (κ3) is 6.30. The highest BCUT2D eigenvalue weighted by Crippen LogP contribution is 2.29. The van der Waals surface area contributed by atoms with Gasteiger partial charge >= 0.3 is 18.0 Å². The molecule has 9 nitrogen and oxygen atoms in total. The summed E-state index contributed by atoms with van der Waals surface area (Å²) in [6.45, 7) is 6.23. The largest absolute Gasteiger partial charge is 0.461 e. The molecule has 186 valence electrons. The van der Waals surface area contributed by atoms with Crippen LogP contribution in [0, 0.1) is 5.82 Å². The van der Waals surface area contributed by atoms with Crippen molar-refractivity contribution in [1.29, 1.82) is 0 Å². The Balaban J connectivity index is 2.63. The van der Waals surface area contributed by atoms with Crippen LogP contribution in [0.4, 0.5) is 13.6 Å². The maximum Gasteiger partial charge on any atom is 0.408 e. The fourth-order valence-electron chi connectivity index (χ4n) is 3.24. The first-order valence-corrected chi connectivity index (χ1v) is 10.7. The van der Waals surface area contributed by atoms with Crippen LogP contribution in [0.15, 0.2) is 30.6 Å². The number of nitrogens with zero attached hydrogens (tertiary/aromatic N) is 2. The fraction of sp³-hybridized carbons (Fsp3) is 0.478. The van der Waals surface area contributed by atoms with Crippen LogP contribution in [0.1, 0.15) is 61.2 Å². The molecule has 1 amide bonds. The van der Waals surface area contributed by atoms with Gasteiger partial charge in [-0.1, -0.05) is 18.2 Å². The number of nitrogens with one attached hydrogen (secondary N) is 1. The van der Waals surface area contributed by atoms with E-state index >= 15 is 0 Å². The molecule has 0 radical (unpaired) electrons. The Morgan fingerprint density at radius 1 is 1.06 bits per heavy atom. The Kier molecular flexibility index (Phi) is 8.72. The van der Waals surface area contributed by atoms with Crippen molar-refractivity contribution in [2.45, 2.75) is 52.3 Å². The molecule has 0 aliphatic carbocycles. The summed E-state index contributed by atoms with van der Waals surface area (Å²) >= 11 is 0. The summed E-state index contributed by atoms with van der Waals surface area (Å²) in [6, 6.07) is 5.31. The molecule has 1 atom stereocenters. The van der Waals surface area contributed by atoms with E-state index in [1.165, 1.54) is 18.2 Å². The van der Waals surface area contributed by atoms with E-state index in [4.69, 9.17) is 14.2 Å². The second-order valence-corrected chi connectivity index (χ2v) is 8.33. The lowest BCUT2D eigenvalue weighted by Crippen LogP contribution is -2.52. The van der Waals surface area contributed by atoms with Crippen LogP contribution in [-0.2, 0) is 26.3 Å². The zero-order valence-corrected chi connectivity index (χ0v) is 19.8. The molecule has 1 aromatic carbocycles. The minimum Gasteiger partial charge on any atom is -0.461 e. The molecular weight excluding hydrogens is 452 g/mol. The number of hydrogen-bond donors (Lipinski definition) is 1. The van der Waals surface area contributed by atoms with Crippen molar-refractivity contribution in [1.82, 2.24) is 14.9 Å². The van der Waals surface area contributed by atoms with Gasteiger partial charge in [0.1, 0.15) is 23.6 Å². The van der Waals surface area contributed by atoms with E-state index in [-0.39, 0.29) is 30.2 Å². The van der Waals surface area contributed by atoms with E-state index in [2.05, 4.69) is 10.3 Å². The number of halogens is 2. The summed E-state index contributed by atoms with van der Waals surface area (Å²) in [6.07, 6.45) is 0.0948. The molecule has 1 heterocycles. The summed E-state index contributed by atoms with van der Waals surface area (Å²) in [5, 5.41) is 2.41. The lowest BCUT2D eigenvalue weighted by molar-refractivity contribution is 0.0402. The van der Waals surface area contributed by atoms with Gasteiger partial charge in [-0.25, -0.2) is 28.1 Å². The molecule has 2 rings (SSSR count). The smallest absolute Gasteiger partial charge is 0.408 e. The number of carbonyl (C=O) groups excluding carboxylic acids is 3. The van der Waals surface area contributed by atoms with Gasteiger partial charge in [0.05, 0.1) is 26.1 Å². The molecule has 1 N–H and O–H groups in total. The van der Waals surface area contributed by atoms with E-state index in [1.807, 2.05) is 0 Å². The van der Waals surface area contributed by atoms with Gasteiger partial charge in [-0.15, -0.1) is 0 Å². The number of alkyl carbamates (subject to hydrolysis) is 1. The highest BCUT2D eigenvalue weighted by molar-refractivity contribution is 6.00. The first-order chi connectivity index (χ1) is 16.0. The topological polar surface area (TPSA) is 109 Å². The van der Waals surface area contributed by atoms with Crippen LogP contribution in [0.5, 0.6) is 0 Å². The lowest BCUT2D eigenvalue weighted by atomic mass is 9.90. The molecule has 1 unspecified atom stereocenters. The average Bonchev–Trinajstić information content (AvgIpc) is 3.16. The van der Waals surface area contributed by atoms with Crippen molar-refractivity contribution in [3.63, 3.8) is 0 Å². The summed E-state index contributed by atoms with van der Waals surface area (Å²) < 4.78 is 45.9. The zero-order valence-electron chi connectivity index (χ0n) is 19.8. The Bertz CT molecular complexity index is 1030. The summed E-state index contributed by atoms with van der Waals surface area (Å²) in [4.78, 5) is 41.6. The first kappa shape index (κ1) is 26.7. The maximum atomic E-state index is 14.8. The molecule has 2 aromatic rings. The molecule has 0 aliphatic heterocycles. The van der Waals surface area contributed by atoms with Gasteiger partial charge in [-0.05, 0) is 40.7 Å². The van der Waals surface area contributed by atoms with Gasteiger partial charge < -0.3 is 24.1 Å². The predicted octanol–water partition coefficient (Wildman–Crippen LogP) is 3.77. The molecule has 1 aromatic heterocycles. The molecular formula is C23H29F2N3O6. The van der Waals surface area contributed by atoms with Crippen LogP contribution in [0.2, 0.25) is 0 Å². The number of rotatable bonds is 9. The van der Waals surface area contributed by atoms with E-state index in [0.717, 1.165) is 17.0 Å². The van der Waals surface area contributed by atoms with Gasteiger partial charge in [0, 0.05) is 5.56 Å². The quantitative estimate of drug-likeness (QED) is 0.429. The molecule has 0 bridgehead atoms. The normalized spacial score (nSPS) is 13.0. The van der Waals surface area contributed by atoms with E-state index in [1.54, 1.807) is 34.6 Å². The van der Waals surface area contributed by atoms with Crippen LogP contribution in [0.25, 0.3) is 0 Å². The molecule has 0 spiro atoms. The molecule has 0 aliphatic rings. The molecule has 34 heavy (non-hydrogen) atoms. The summed E-state index contributed by atoms with van der Waals surface area (Å²) in [7, 11) is 0. The zero-order chi connectivity index (χ0) is 25.5. The SMILES string of the molecule is CCOC(=O)c1ncn(CC(CF)(NC(=O)OC(C)(C)C)c2ccccc2F)c1C(=O)OCC. The third-order valence-corrected chi connectivity index (χ3v) is 4.57. The molecule has 0 saturated carbocycles. The second-order valence-electron chi connectivity index (χ2n) is 8.33. The van der Waals surface area contributed by atoms with Gasteiger partial charge in [0.2, 0.25) is 0 Å². The van der Waals surface area contributed by atoms with Crippen LogP contribution in [0.3, 0.4) is 0 Å². The molecule has 11 heteroatoms. The van der Waals surface area contributed by atoms with Crippen LogP contribution < -0.4 is 5.32 Å². The lowest BCUT2D eigenvalue weighted by Gasteiger charge is -2.34. The third-order valence-electron chi connectivity index (χ3n) is 4.57. The molecule has 0 fully saturated rings. The Morgan fingerprint density at radius 3 is 2.24 bits per heavy atom. The van der Waals surface area contributed by atoms with Crippen molar-refractivity contribution >= 4 is 18.0 Å². The number of amides is 1. The van der Waals surface area contributed by atoms with E-state index < -0.39 is 48.2 Å². The van der Waals surface area contributed by atoms with Crippen molar-refractivity contribution < 1.29 is 37.4 Å². The number of carbonyl (C=O) groups is 3. The van der Waals surface area contributed by atoms with Crippen molar-refractivity contribution in [2.24, 2.45) is 0 Å². The van der Waals surface area contributed by atoms with Crippen molar-refractivity contribution in [2.75, 3.05) is 19.9 Å². The fourth-order valence-corrected chi connectivity index (χ4v) is 3.24. The van der Waals surface area contributed by atoms with Gasteiger partial charge in [0.25, 0.3) is 0 Å². The number of hydrogen-bond acceptors (Lipinski definition) is 7. The predicted molar refractivity (Wildman–Crippen MR) is 118 cm³/mol. The van der Waals surface area contributed by atoms with Gasteiger partial charge in [-0.3, -0.25) is 0 Å². The number of benzene rings is 1. The standard InChI is InChI=1S/C23H29F2N3O6/c1-6-32-19(29)17-18(20(30)33-7-2)28(14-26-17)13-23(12-24,15-10-8-9-11-16(15)25)27-21(31)34-22(3,4)5/h8-11,14H,6-7,12-13H2,1-5H3,(H,27,31). The van der Waals surface area contributed by atoms with Crippen LogP contribution in [-0.4, -0.2) is 53.1 Å². The highest BCUT2D eigenvalue weighted by atomic mass is 19.1. The average molecular weight is 481 g/mol. The number of imidazole rings is 1. The van der Waals surface area contributed by atoms with E-state index in [9.17, 15) is 23.2 Å². The van der Waals surface area contributed by atoms with Gasteiger partial charge in [-0.2, -0.15) is 0 Å². The van der Waals surface area contributed by atoms with Gasteiger partial charge in [0.15, 0.2) is 11.4 Å². The highest BCUT2D eigenvalue weighted by Gasteiger charge is 2.40. The summed E-state index contributed by atoms with van der Waals surface area (Å²) in [5.74, 6) is -2.60. The number of aromatic nitrogens is 2. The maximum absolute atomic E-state index is 14.8. The minimum absolute atomic E-state index is 0.00992. The number of ether oxygens (including phenoxy) is 3. The molecule has 0 saturated heterocycles. The minimum atomic E-state index is -2.01. The monoisotopic (exact) mass is 481 g/mol.